The molecule has 0 aromatic heterocycles. The standard InChI is InChI=1S/C18H29N3O/c1-5-21-11-10-17(14(4)12-21)19-15-6-8-16(9-7-15)20-18(22)13(2)3/h6-9,13-14,17,19H,5,10-12H2,1-4H3,(H,20,22)/t14-,17+/m1/s1. The molecule has 22 heavy (non-hydrogen) atoms. The Morgan fingerprint density at radius 2 is 1.91 bits per heavy atom. The highest BCUT2D eigenvalue weighted by atomic mass is 16.1. The Morgan fingerprint density at radius 3 is 2.45 bits per heavy atom. The number of carbonyl (C=O) groups is 1. The molecule has 4 heteroatoms. The number of piperidine rings is 1. The fourth-order valence-electron chi connectivity index (χ4n) is 2.88. The molecule has 1 aromatic carbocycles. The van der Waals surface area contributed by atoms with Gasteiger partial charge in [0.2, 0.25) is 5.91 Å². The fraction of sp³-hybridized carbons (Fsp3) is 0.611. The number of rotatable bonds is 5. The van der Waals surface area contributed by atoms with E-state index < -0.39 is 0 Å². The summed E-state index contributed by atoms with van der Waals surface area (Å²) in [7, 11) is 0. The lowest BCUT2D eigenvalue weighted by atomic mass is 9.93. The molecule has 1 aliphatic heterocycles. The Morgan fingerprint density at radius 1 is 1.27 bits per heavy atom. The molecule has 1 aromatic rings. The maximum absolute atomic E-state index is 11.7. The quantitative estimate of drug-likeness (QED) is 0.876. The van der Waals surface area contributed by atoms with Gasteiger partial charge in [0, 0.05) is 36.4 Å². The molecule has 4 nitrogen and oxygen atoms in total. The first-order valence-corrected chi connectivity index (χ1v) is 8.39. The largest absolute Gasteiger partial charge is 0.382 e. The number of nitrogens with zero attached hydrogens (tertiary/aromatic N) is 1. The van der Waals surface area contributed by atoms with Crippen molar-refractivity contribution in [1.82, 2.24) is 4.90 Å². The predicted octanol–water partition coefficient (Wildman–Crippen LogP) is 3.42. The molecule has 0 unspecified atom stereocenters. The van der Waals surface area contributed by atoms with Crippen molar-refractivity contribution in [3.05, 3.63) is 24.3 Å². The van der Waals surface area contributed by atoms with Gasteiger partial charge in [-0.1, -0.05) is 27.7 Å². The van der Waals surface area contributed by atoms with E-state index in [0.717, 1.165) is 24.5 Å². The van der Waals surface area contributed by atoms with E-state index in [1.807, 2.05) is 26.0 Å². The summed E-state index contributed by atoms with van der Waals surface area (Å²) in [5, 5.41) is 6.56. The number of hydrogen-bond acceptors (Lipinski definition) is 3. The Labute approximate surface area is 134 Å². The first kappa shape index (κ1) is 16.8. The number of carbonyl (C=O) groups excluding carboxylic acids is 1. The van der Waals surface area contributed by atoms with Gasteiger partial charge < -0.3 is 15.5 Å². The van der Waals surface area contributed by atoms with E-state index in [4.69, 9.17) is 0 Å². The Hall–Kier alpha value is -1.55. The highest BCUT2D eigenvalue weighted by Crippen LogP contribution is 2.22. The van der Waals surface area contributed by atoms with Crippen LogP contribution >= 0.6 is 0 Å². The third-order valence-electron chi connectivity index (χ3n) is 4.47. The van der Waals surface area contributed by atoms with Crippen molar-refractivity contribution < 1.29 is 4.79 Å². The monoisotopic (exact) mass is 303 g/mol. The topological polar surface area (TPSA) is 44.4 Å². The zero-order chi connectivity index (χ0) is 16.1. The molecule has 0 radical (unpaired) electrons. The lowest BCUT2D eigenvalue weighted by Crippen LogP contribution is -2.44. The molecule has 2 atom stereocenters. The van der Waals surface area contributed by atoms with Crippen molar-refractivity contribution in [2.75, 3.05) is 30.3 Å². The van der Waals surface area contributed by atoms with E-state index in [2.05, 4.69) is 41.5 Å². The molecule has 0 saturated carbocycles. The number of nitrogens with one attached hydrogen (secondary N) is 2. The van der Waals surface area contributed by atoms with Gasteiger partial charge in [0.15, 0.2) is 0 Å². The highest BCUT2D eigenvalue weighted by Gasteiger charge is 2.24. The summed E-state index contributed by atoms with van der Waals surface area (Å²) in [6, 6.07) is 8.56. The second-order valence-electron chi connectivity index (χ2n) is 6.63. The van der Waals surface area contributed by atoms with Gasteiger partial charge in [0.1, 0.15) is 0 Å². The van der Waals surface area contributed by atoms with Crippen LogP contribution in [0.5, 0.6) is 0 Å². The molecule has 2 N–H and O–H groups in total. The van der Waals surface area contributed by atoms with Crippen LogP contribution in [0.2, 0.25) is 0 Å². The van der Waals surface area contributed by atoms with Crippen LogP contribution < -0.4 is 10.6 Å². The van der Waals surface area contributed by atoms with Crippen LogP contribution in [0.3, 0.4) is 0 Å². The Bertz CT molecular complexity index is 484. The number of anilines is 2. The van der Waals surface area contributed by atoms with E-state index in [0.29, 0.717) is 12.0 Å². The number of likely N-dealkylation sites (tertiary alicyclic amines) is 1. The van der Waals surface area contributed by atoms with Crippen molar-refractivity contribution in [3.63, 3.8) is 0 Å². The molecular weight excluding hydrogens is 274 g/mol. The smallest absolute Gasteiger partial charge is 0.226 e. The van der Waals surface area contributed by atoms with Crippen LogP contribution in [0.15, 0.2) is 24.3 Å². The summed E-state index contributed by atoms with van der Waals surface area (Å²) in [5.74, 6) is 0.706. The summed E-state index contributed by atoms with van der Waals surface area (Å²) in [4.78, 5) is 14.2. The van der Waals surface area contributed by atoms with E-state index in [9.17, 15) is 4.79 Å². The van der Waals surface area contributed by atoms with Crippen molar-refractivity contribution in [2.45, 2.75) is 40.2 Å². The van der Waals surface area contributed by atoms with Crippen LogP contribution in [0.1, 0.15) is 34.1 Å². The third kappa shape index (κ3) is 4.47. The molecule has 1 fully saturated rings. The fourth-order valence-corrected chi connectivity index (χ4v) is 2.88. The summed E-state index contributed by atoms with van der Waals surface area (Å²) in [6.07, 6.45) is 1.18. The van der Waals surface area contributed by atoms with E-state index in [-0.39, 0.29) is 11.8 Å². The maximum atomic E-state index is 11.7. The van der Waals surface area contributed by atoms with Crippen LogP contribution in [-0.2, 0) is 4.79 Å². The lowest BCUT2D eigenvalue weighted by molar-refractivity contribution is -0.118. The molecule has 0 spiro atoms. The number of benzene rings is 1. The molecular formula is C18H29N3O. The first-order valence-electron chi connectivity index (χ1n) is 8.39. The molecule has 0 aliphatic carbocycles. The normalized spacial score (nSPS) is 22.6. The summed E-state index contributed by atoms with van der Waals surface area (Å²) >= 11 is 0. The molecule has 1 heterocycles. The van der Waals surface area contributed by atoms with Gasteiger partial charge in [-0.25, -0.2) is 0 Å². The van der Waals surface area contributed by atoms with Gasteiger partial charge in [0.05, 0.1) is 0 Å². The van der Waals surface area contributed by atoms with Gasteiger partial charge in [-0.3, -0.25) is 4.79 Å². The average molecular weight is 303 g/mol. The van der Waals surface area contributed by atoms with E-state index in [1.165, 1.54) is 13.0 Å². The van der Waals surface area contributed by atoms with Gasteiger partial charge in [-0.15, -0.1) is 0 Å². The SMILES string of the molecule is CCN1CC[C@H](Nc2ccc(NC(=O)C(C)C)cc2)[C@H](C)C1. The highest BCUT2D eigenvalue weighted by molar-refractivity contribution is 5.92. The van der Waals surface area contributed by atoms with Crippen LogP contribution in [0, 0.1) is 11.8 Å². The van der Waals surface area contributed by atoms with Crippen molar-refractivity contribution in [3.8, 4) is 0 Å². The molecule has 0 bridgehead atoms. The van der Waals surface area contributed by atoms with Gasteiger partial charge in [0.25, 0.3) is 0 Å². The number of amides is 1. The molecule has 2 rings (SSSR count). The minimum Gasteiger partial charge on any atom is -0.382 e. The second kappa shape index (κ2) is 7.63. The zero-order valence-electron chi connectivity index (χ0n) is 14.2. The summed E-state index contributed by atoms with van der Waals surface area (Å²) in [5.41, 5.74) is 1.99. The van der Waals surface area contributed by atoms with Gasteiger partial charge >= 0.3 is 0 Å². The molecule has 1 saturated heterocycles. The third-order valence-corrected chi connectivity index (χ3v) is 4.47. The molecule has 1 amide bonds. The van der Waals surface area contributed by atoms with Crippen molar-refractivity contribution >= 4 is 17.3 Å². The minimum absolute atomic E-state index is 0.00222. The van der Waals surface area contributed by atoms with Crippen LogP contribution in [0.25, 0.3) is 0 Å². The maximum Gasteiger partial charge on any atom is 0.226 e. The second-order valence-corrected chi connectivity index (χ2v) is 6.63. The van der Waals surface area contributed by atoms with Crippen LogP contribution in [-0.4, -0.2) is 36.5 Å². The summed E-state index contributed by atoms with van der Waals surface area (Å²) < 4.78 is 0. The summed E-state index contributed by atoms with van der Waals surface area (Å²) in [6.45, 7) is 11.8. The van der Waals surface area contributed by atoms with Gasteiger partial charge in [-0.2, -0.15) is 0 Å². The van der Waals surface area contributed by atoms with Crippen molar-refractivity contribution in [1.29, 1.82) is 0 Å². The Kier molecular flexibility index (Phi) is 5.83. The number of hydrogen-bond donors (Lipinski definition) is 2. The lowest BCUT2D eigenvalue weighted by Gasteiger charge is -2.37. The van der Waals surface area contributed by atoms with E-state index >= 15 is 0 Å². The predicted molar refractivity (Wildman–Crippen MR) is 93.2 cm³/mol. The van der Waals surface area contributed by atoms with E-state index in [1.54, 1.807) is 0 Å². The minimum atomic E-state index is 0.00222. The molecule has 122 valence electrons. The Balaban J connectivity index is 1.90. The van der Waals surface area contributed by atoms with Gasteiger partial charge in [-0.05, 0) is 43.1 Å². The first-order chi connectivity index (χ1) is 10.5. The van der Waals surface area contributed by atoms with Crippen molar-refractivity contribution in [2.24, 2.45) is 11.8 Å². The average Bonchev–Trinajstić information content (AvgIpc) is 2.51. The van der Waals surface area contributed by atoms with Crippen LogP contribution in [0.4, 0.5) is 11.4 Å². The molecule has 1 aliphatic rings. The zero-order valence-corrected chi connectivity index (χ0v) is 14.2.